The molecule has 1 N–H and O–H groups in total. The summed E-state index contributed by atoms with van der Waals surface area (Å²) in [6.45, 7) is 6.07. The van der Waals surface area contributed by atoms with Crippen LogP contribution < -0.4 is 5.32 Å². The summed E-state index contributed by atoms with van der Waals surface area (Å²) in [6.07, 6.45) is 6.21. The van der Waals surface area contributed by atoms with E-state index in [0.29, 0.717) is 28.7 Å². The van der Waals surface area contributed by atoms with Crippen molar-refractivity contribution >= 4 is 40.3 Å². The van der Waals surface area contributed by atoms with E-state index < -0.39 is 0 Å². The maximum Gasteiger partial charge on any atom is 0.227 e. The van der Waals surface area contributed by atoms with Gasteiger partial charge in [-0.2, -0.15) is 0 Å². The minimum absolute atomic E-state index is 0.0703. The summed E-state index contributed by atoms with van der Waals surface area (Å²) in [5, 5.41) is 3.27. The van der Waals surface area contributed by atoms with E-state index >= 15 is 0 Å². The molecule has 2 aromatic heterocycles. The number of allylic oxidation sites excluding steroid dienone is 4. The standard InChI is InChI=1S/C16H17ClN4O/c1-16(2,3)9-13(22)20-15-18-11-7-8-12(17)19-14(11)21(15)10-5-4-6-10/h4-8H,9H2,1-3H3,(H,18,20,22). The number of pyridine rings is 1. The van der Waals surface area contributed by atoms with E-state index in [0.717, 1.165) is 5.70 Å². The number of imidazole rings is 1. The first-order valence-corrected chi connectivity index (χ1v) is 7.45. The largest absolute Gasteiger partial charge is 0.296 e. The van der Waals surface area contributed by atoms with Crippen molar-refractivity contribution in [1.29, 1.82) is 0 Å². The lowest BCUT2D eigenvalue weighted by Gasteiger charge is -2.18. The molecule has 22 heavy (non-hydrogen) atoms. The van der Waals surface area contributed by atoms with Crippen LogP contribution in [0.15, 0.2) is 30.4 Å². The maximum atomic E-state index is 12.2. The van der Waals surface area contributed by atoms with E-state index in [9.17, 15) is 4.79 Å². The molecule has 0 unspecified atom stereocenters. The van der Waals surface area contributed by atoms with Crippen LogP contribution in [0.5, 0.6) is 0 Å². The fourth-order valence-corrected chi connectivity index (χ4v) is 2.39. The average molecular weight is 317 g/mol. The molecule has 0 spiro atoms. The van der Waals surface area contributed by atoms with Crippen molar-refractivity contribution in [2.45, 2.75) is 27.2 Å². The Balaban J connectivity index is 2.00. The van der Waals surface area contributed by atoms with E-state index in [4.69, 9.17) is 11.6 Å². The fraction of sp³-hybridized carbons (Fsp3) is 0.312. The Labute approximate surface area is 133 Å². The summed E-state index contributed by atoms with van der Waals surface area (Å²) < 4.78 is 1.81. The van der Waals surface area contributed by atoms with Crippen molar-refractivity contribution in [3.05, 3.63) is 35.5 Å². The van der Waals surface area contributed by atoms with Gasteiger partial charge in [-0.05, 0) is 29.7 Å². The molecule has 1 aliphatic carbocycles. The molecular weight excluding hydrogens is 300 g/mol. The highest BCUT2D eigenvalue weighted by molar-refractivity contribution is 6.29. The van der Waals surface area contributed by atoms with Gasteiger partial charge >= 0.3 is 0 Å². The van der Waals surface area contributed by atoms with Gasteiger partial charge in [0.15, 0.2) is 5.65 Å². The monoisotopic (exact) mass is 316 g/mol. The molecule has 0 saturated heterocycles. The first-order valence-electron chi connectivity index (χ1n) is 7.07. The number of amides is 1. The smallest absolute Gasteiger partial charge is 0.227 e. The van der Waals surface area contributed by atoms with Crippen LogP contribution in [-0.2, 0) is 4.79 Å². The van der Waals surface area contributed by atoms with Crippen molar-refractivity contribution in [2.24, 2.45) is 5.41 Å². The fourth-order valence-electron chi connectivity index (χ4n) is 2.24. The third-order valence-corrected chi connectivity index (χ3v) is 3.42. The number of anilines is 1. The number of aromatic nitrogens is 3. The third-order valence-electron chi connectivity index (χ3n) is 3.20. The van der Waals surface area contributed by atoms with Crippen LogP contribution in [0.1, 0.15) is 27.2 Å². The highest BCUT2D eigenvalue weighted by atomic mass is 35.5. The second-order valence-corrected chi connectivity index (χ2v) is 6.87. The third kappa shape index (κ3) is 2.90. The Kier molecular flexibility index (Phi) is 3.53. The van der Waals surface area contributed by atoms with Crippen molar-refractivity contribution < 1.29 is 4.79 Å². The molecule has 3 rings (SSSR count). The minimum Gasteiger partial charge on any atom is -0.296 e. The summed E-state index contributed by atoms with van der Waals surface area (Å²) in [5.74, 6) is 0.397. The molecule has 0 fully saturated rings. The van der Waals surface area contributed by atoms with E-state index in [2.05, 4.69) is 15.3 Å². The van der Waals surface area contributed by atoms with E-state index in [1.165, 1.54) is 0 Å². The molecule has 0 radical (unpaired) electrons. The number of rotatable bonds is 3. The van der Waals surface area contributed by atoms with Gasteiger partial charge in [-0.25, -0.2) is 9.97 Å². The number of carbonyl (C=O) groups excluding carboxylic acids is 1. The maximum absolute atomic E-state index is 12.2. The van der Waals surface area contributed by atoms with Gasteiger partial charge in [-0.3, -0.25) is 14.7 Å². The number of hydrogen-bond donors (Lipinski definition) is 1. The Morgan fingerprint density at radius 1 is 1.32 bits per heavy atom. The lowest BCUT2D eigenvalue weighted by molar-refractivity contribution is -0.117. The van der Waals surface area contributed by atoms with Crippen molar-refractivity contribution in [1.82, 2.24) is 14.5 Å². The second kappa shape index (κ2) is 5.25. The first-order chi connectivity index (χ1) is 10.3. The summed E-state index contributed by atoms with van der Waals surface area (Å²) in [6, 6.07) is 3.48. The van der Waals surface area contributed by atoms with Gasteiger partial charge in [0.25, 0.3) is 0 Å². The molecule has 1 amide bonds. The van der Waals surface area contributed by atoms with Gasteiger partial charge in [0, 0.05) is 6.42 Å². The summed E-state index contributed by atoms with van der Waals surface area (Å²) in [5.41, 5.74) is 2.16. The molecule has 0 atom stereocenters. The number of hydrogen-bond acceptors (Lipinski definition) is 3. The van der Waals surface area contributed by atoms with Crippen molar-refractivity contribution in [3.63, 3.8) is 0 Å². The Bertz CT molecular complexity index is 811. The number of halogens is 1. The van der Waals surface area contributed by atoms with Crippen LogP contribution >= 0.6 is 11.6 Å². The Morgan fingerprint density at radius 3 is 2.64 bits per heavy atom. The van der Waals surface area contributed by atoms with Gasteiger partial charge < -0.3 is 0 Å². The summed E-state index contributed by atoms with van der Waals surface area (Å²) in [7, 11) is 0. The molecule has 6 heteroatoms. The Hall–Kier alpha value is -2.14. The zero-order chi connectivity index (χ0) is 15.9. The van der Waals surface area contributed by atoms with Crippen LogP contribution in [0.4, 0.5) is 5.95 Å². The summed E-state index contributed by atoms with van der Waals surface area (Å²) >= 11 is 5.98. The van der Waals surface area contributed by atoms with Crippen LogP contribution in [0.3, 0.4) is 0 Å². The Morgan fingerprint density at radius 2 is 2.05 bits per heavy atom. The zero-order valence-corrected chi connectivity index (χ0v) is 13.5. The number of nitrogens with zero attached hydrogens (tertiary/aromatic N) is 3. The highest BCUT2D eigenvalue weighted by Crippen LogP contribution is 2.28. The quantitative estimate of drug-likeness (QED) is 0.874. The second-order valence-electron chi connectivity index (χ2n) is 6.48. The molecule has 0 aliphatic heterocycles. The first kappa shape index (κ1) is 14.8. The van der Waals surface area contributed by atoms with Crippen LogP contribution in [-0.4, -0.2) is 20.4 Å². The van der Waals surface area contributed by atoms with Gasteiger partial charge in [0.05, 0.1) is 5.70 Å². The van der Waals surface area contributed by atoms with E-state index in [1.807, 2.05) is 43.6 Å². The van der Waals surface area contributed by atoms with E-state index in [1.54, 1.807) is 12.1 Å². The molecule has 0 saturated carbocycles. The topological polar surface area (TPSA) is 59.8 Å². The number of nitrogens with one attached hydrogen (secondary N) is 1. The van der Waals surface area contributed by atoms with Crippen LogP contribution in [0, 0.1) is 5.41 Å². The lowest BCUT2D eigenvalue weighted by Crippen LogP contribution is -2.21. The molecule has 0 bridgehead atoms. The van der Waals surface area contributed by atoms with Gasteiger partial charge in [0.2, 0.25) is 11.9 Å². The normalized spacial score (nSPS) is 13.9. The lowest BCUT2D eigenvalue weighted by atomic mass is 9.92. The molecule has 5 nitrogen and oxygen atoms in total. The molecule has 2 aromatic rings. The molecular formula is C16H17ClN4O. The van der Waals surface area contributed by atoms with Gasteiger partial charge in [-0.15, -0.1) is 0 Å². The minimum atomic E-state index is -0.0852. The van der Waals surface area contributed by atoms with Crippen LogP contribution in [0.2, 0.25) is 5.15 Å². The van der Waals surface area contributed by atoms with E-state index in [-0.39, 0.29) is 11.3 Å². The highest BCUT2D eigenvalue weighted by Gasteiger charge is 2.21. The van der Waals surface area contributed by atoms with Crippen molar-refractivity contribution in [3.8, 4) is 0 Å². The predicted octanol–water partition coefficient (Wildman–Crippen LogP) is 3.87. The molecule has 2 heterocycles. The number of fused-ring (bicyclic) bond motifs is 1. The van der Waals surface area contributed by atoms with Crippen molar-refractivity contribution in [2.75, 3.05) is 5.32 Å². The van der Waals surface area contributed by atoms with Crippen LogP contribution in [0.25, 0.3) is 16.9 Å². The van der Waals surface area contributed by atoms with Gasteiger partial charge in [-0.1, -0.05) is 38.4 Å². The molecule has 1 aliphatic rings. The average Bonchev–Trinajstić information content (AvgIpc) is 2.63. The predicted molar refractivity (Wildman–Crippen MR) is 88.7 cm³/mol. The molecule has 114 valence electrons. The molecule has 0 aromatic carbocycles. The SMILES string of the molecule is CC(C)(C)CC(=O)Nc1nc2ccc(Cl)nc2n1C1=CC=C1. The zero-order valence-electron chi connectivity index (χ0n) is 12.7. The number of carbonyl (C=O) groups is 1. The summed E-state index contributed by atoms with van der Waals surface area (Å²) in [4.78, 5) is 21.0. The van der Waals surface area contributed by atoms with Gasteiger partial charge in [0.1, 0.15) is 10.7 Å².